The van der Waals surface area contributed by atoms with Gasteiger partial charge in [0.05, 0.1) is 6.10 Å². The quantitative estimate of drug-likeness (QED) is 0.843. The van der Waals surface area contributed by atoms with Crippen LogP contribution in [0.1, 0.15) is 39.2 Å². The van der Waals surface area contributed by atoms with Crippen molar-refractivity contribution in [3.63, 3.8) is 0 Å². The zero-order valence-corrected chi connectivity index (χ0v) is 10.8. The zero-order valence-electron chi connectivity index (χ0n) is 10.8. The molecule has 2 aliphatic rings. The van der Waals surface area contributed by atoms with E-state index in [0.29, 0.717) is 18.3 Å². The van der Waals surface area contributed by atoms with Gasteiger partial charge in [-0.25, -0.2) is 4.98 Å². The molecule has 98 valence electrons. The molecule has 0 bridgehead atoms. The summed E-state index contributed by atoms with van der Waals surface area (Å²) in [5.74, 6) is 0.411. The van der Waals surface area contributed by atoms with Crippen LogP contribution in [0, 0.1) is 5.41 Å². The van der Waals surface area contributed by atoms with Gasteiger partial charge in [0.25, 0.3) is 5.56 Å². The first-order chi connectivity index (χ1) is 8.50. The summed E-state index contributed by atoms with van der Waals surface area (Å²) in [6.45, 7) is 4.00. The summed E-state index contributed by atoms with van der Waals surface area (Å²) in [5.41, 5.74) is -0.244. The van der Waals surface area contributed by atoms with Gasteiger partial charge in [0.1, 0.15) is 0 Å². The Labute approximate surface area is 106 Å². The van der Waals surface area contributed by atoms with Crippen LogP contribution in [0.2, 0.25) is 0 Å². The van der Waals surface area contributed by atoms with E-state index >= 15 is 0 Å². The molecule has 1 aromatic rings. The molecular weight excluding hydrogens is 230 g/mol. The topological polar surface area (TPSA) is 67.2 Å². The minimum absolute atomic E-state index is 0.0443. The lowest BCUT2D eigenvalue weighted by molar-refractivity contribution is -0.0512. The largest absolute Gasteiger partial charge is 0.392 e. The van der Waals surface area contributed by atoms with Gasteiger partial charge in [-0.3, -0.25) is 4.79 Å². The Morgan fingerprint density at radius 1 is 1.50 bits per heavy atom. The zero-order chi connectivity index (χ0) is 12.9. The second kappa shape index (κ2) is 3.82. The Morgan fingerprint density at radius 3 is 2.78 bits per heavy atom. The molecule has 3 rings (SSSR count). The third-order valence-electron chi connectivity index (χ3n) is 4.34. The van der Waals surface area contributed by atoms with Crippen molar-refractivity contribution in [1.82, 2.24) is 9.55 Å². The predicted molar refractivity (Wildman–Crippen MR) is 68.6 cm³/mol. The van der Waals surface area contributed by atoms with Crippen molar-refractivity contribution in [2.24, 2.45) is 5.41 Å². The van der Waals surface area contributed by atoms with Gasteiger partial charge in [0.15, 0.2) is 5.82 Å². The third kappa shape index (κ3) is 1.73. The molecule has 5 nitrogen and oxygen atoms in total. The number of anilines is 1. The Hall–Kier alpha value is -1.36. The summed E-state index contributed by atoms with van der Waals surface area (Å²) < 4.78 is 1.76. The highest BCUT2D eigenvalue weighted by atomic mass is 16.3. The number of aromatic nitrogens is 2. The van der Waals surface area contributed by atoms with Crippen LogP contribution in [0.25, 0.3) is 0 Å². The molecule has 2 saturated carbocycles. The first-order valence-corrected chi connectivity index (χ1v) is 6.52. The molecule has 0 spiro atoms. The maximum Gasteiger partial charge on any atom is 0.293 e. The molecule has 0 aliphatic heterocycles. The highest BCUT2D eigenvalue weighted by Gasteiger charge is 2.47. The number of nitrogens with one attached hydrogen (secondary N) is 1. The van der Waals surface area contributed by atoms with E-state index in [1.165, 1.54) is 0 Å². The van der Waals surface area contributed by atoms with Gasteiger partial charge < -0.3 is 15.0 Å². The molecule has 2 fully saturated rings. The van der Waals surface area contributed by atoms with Crippen molar-refractivity contribution >= 4 is 5.82 Å². The van der Waals surface area contributed by atoms with E-state index in [-0.39, 0.29) is 23.1 Å². The molecule has 2 N–H and O–H groups in total. The average Bonchev–Trinajstić information content (AvgIpc) is 3.15. The fourth-order valence-electron chi connectivity index (χ4n) is 2.48. The maximum atomic E-state index is 12.2. The van der Waals surface area contributed by atoms with Gasteiger partial charge in [0, 0.05) is 29.9 Å². The van der Waals surface area contributed by atoms with Crippen LogP contribution in [0.4, 0.5) is 5.82 Å². The lowest BCUT2D eigenvalue weighted by Crippen LogP contribution is -2.57. The van der Waals surface area contributed by atoms with E-state index in [0.717, 1.165) is 12.8 Å². The molecule has 2 unspecified atom stereocenters. The van der Waals surface area contributed by atoms with Crippen LogP contribution in [0.15, 0.2) is 17.2 Å². The van der Waals surface area contributed by atoms with Crippen LogP contribution >= 0.6 is 0 Å². The molecule has 2 atom stereocenters. The van der Waals surface area contributed by atoms with Gasteiger partial charge in [-0.15, -0.1) is 0 Å². The highest BCUT2D eigenvalue weighted by Crippen LogP contribution is 2.41. The summed E-state index contributed by atoms with van der Waals surface area (Å²) in [6, 6.07) is 0.476. The molecule has 5 heteroatoms. The van der Waals surface area contributed by atoms with Crippen LogP contribution < -0.4 is 10.9 Å². The summed E-state index contributed by atoms with van der Waals surface area (Å²) in [5, 5.41) is 12.9. The van der Waals surface area contributed by atoms with E-state index in [1.807, 2.05) is 13.8 Å². The Kier molecular flexibility index (Phi) is 2.48. The monoisotopic (exact) mass is 249 g/mol. The fraction of sp³-hybridized carbons (Fsp3) is 0.692. The molecule has 0 saturated heterocycles. The number of aliphatic hydroxyl groups excluding tert-OH is 1. The van der Waals surface area contributed by atoms with Gasteiger partial charge in [-0.05, 0) is 19.3 Å². The molecule has 18 heavy (non-hydrogen) atoms. The van der Waals surface area contributed by atoms with Crippen molar-refractivity contribution in [3.8, 4) is 0 Å². The number of nitrogens with zero attached hydrogens (tertiary/aromatic N) is 2. The predicted octanol–water partition coefficient (Wildman–Crippen LogP) is 1.15. The summed E-state index contributed by atoms with van der Waals surface area (Å²) in [4.78, 5) is 16.3. The van der Waals surface area contributed by atoms with Gasteiger partial charge in [-0.2, -0.15) is 0 Å². The fourth-order valence-corrected chi connectivity index (χ4v) is 2.48. The minimum atomic E-state index is -0.302. The standard InChI is InChI=1S/C13H19N3O2/c1-13(2)9(7-10(13)17)15-11-12(18)16(6-5-14-11)8-3-4-8/h5-6,8-10,17H,3-4,7H2,1-2H3,(H,14,15). The molecule has 2 aliphatic carbocycles. The van der Waals surface area contributed by atoms with E-state index in [2.05, 4.69) is 10.3 Å². The van der Waals surface area contributed by atoms with Crippen molar-refractivity contribution in [3.05, 3.63) is 22.7 Å². The van der Waals surface area contributed by atoms with Crippen molar-refractivity contribution in [1.29, 1.82) is 0 Å². The maximum absolute atomic E-state index is 12.2. The Bertz CT molecular complexity index is 519. The third-order valence-corrected chi connectivity index (χ3v) is 4.34. The smallest absolute Gasteiger partial charge is 0.293 e. The summed E-state index contributed by atoms with van der Waals surface area (Å²) in [7, 11) is 0. The molecular formula is C13H19N3O2. The van der Waals surface area contributed by atoms with Gasteiger partial charge in [-0.1, -0.05) is 13.8 Å². The number of rotatable bonds is 3. The minimum Gasteiger partial charge on any atom is -0.392 e. The Balaban J connectivity index is 1.81. The van der Waals surface area contributed by atoms with Crippen LogP contribution in [0.3, 0.4) is 0 Å². The Morgan fingerprint density at radius 2 is 2.22 bits per heavy atom. The number of hydrogen-bond donors (Lipinski definition) is 2. The van der Waals surface area contributed by atoms with Crippen LogP contribution in [0.5, 0.6) is 0 Å². The van der Waals surface area contributed by atoms with Crippen LogP contribution in [-0.2, 0) is 0 Å². The summed E-state index contributed by atoms with van der Waals surface area (Å²) in [6.07, 6.45) is 5.96. The highest BCUT2D eigenvalue weighted by molar-refractivity contribution is 5.35. The van der Waals surface area contributed by atoms with E-state index in [9.17, 15) is 9.90 Å². The lowest BCUT2D eigenvalue weighted by Gasteiger charge is -2.49. The SMILES string of the molecule is CC1(C)C(O)CC1Nc1nccn(C2CC2)c1=O. The van der Waals surface area contributed by atoms with Crippen molar-refractivity contribution in [2.75, 3.05) is 5.32 Å². The van der Waals surface area contributed by atoms with Crippen molar-refractivity contribution in [2.45, 2.75) is 51.3 Å². The number of hydrogen-bond acceptors (Lipinski definition) is 4. The first kappa shape index (κ1) is 11.7. The normalized spacial score (nSPS) is 29.7. The molecule has 0 radical (unpaired) electrons. The van der Waals surface area contributed by atoms with Crippen molar-refractivity contribution < 1.29 is 5.11 Å². The second-order valence-corrected chi connectivity index (χ2v) is 5.99. The molecule has 0 aromatic carbocycles. The van der Waals surface area contributed by atoms with Crippen LogP contribution in [-0.4, -0.2) is 26.8 Å². The molecule has 1 heterocycles. The van der Waals surface area contributed by atoms with Gasteiger partial charge >= 0.3 is 0 Å². The molecule has 1 aromatic heterocycles. The first-order valence-electron chi connectivity index (χ1n) is 6.52. The second-order valence-electron chi connectivity index (χ2n) is 5.99. The molecule has 0 amide bonds. The van der Waals surface area contributed by atoms with Gasteiger partial charge in [0.2, 0.25) is 0 Å². The summed E-state index contributed by atoms with van der Waals surface area (Å²) >= 11 is 0. The van der Waals surface area contributed by atoms with E-state index in [1.54, 1.807) is 17.0 Å². The lowest BCUT2D eigenvalue weighted by atomic mass is 9.64. The van der Waals surface area contributed by atoms with E-state index in [4.69, 9.17) is 0 Å². The number of aliphatic hydroxyl groups is 1. The van der Waals surface area contributed by atoms with E-state index < -0.39 is 0 Å². The average molecular weight is 249 g/mol.